The maximum atomic E-state index is 12.3. The minimum atomic E-state index is -1.66. The number of aldehydes is 1. The van der Waals surface area contributed by atoms with Crippen molar-refractivity contribution in [1.29, 1.82) is 0 Å². The summed E-state index contributed by atoms with van der Waals surface area (Å²) >= 11 is 0. The van der Waals surface area contributed by atoms with E-state index in [1.54, 1.807) is 24.3 Å². The highest BCUT2D eigenvalue weighted by atomic mass is 16.7. The average Bonchev–Trinajstić information content (AvgIpc) is 3.23. The molecule has 2 saturated heterocycles. The standard InChI is InChI=1S/C29H34O12/c1-15-24-20(32)9-17(12-30)3-2-4-18(10-21(24)40-28(15)37)13-39-29-27(36)26(35)25(34)22(41-29)14-38-23(33)11-16-5-7-19(31)8-6-16/h3,5-8,10,12,20-22,24-27,29,31-32,34-36H,1-2,4,9,11,13-14H2. The summed E-state index contributed by atoms with van der Waals surface area (Å²) in [6, 6.07) is 5.97. The lowest BCUT2D eigenvalue weighted by molar-refractivity contribution is -0.299. The van der Waals surface area contributed by atoms with Gasteiger partial charge in [0, 0.05) is 12.0 Å². The number of carbonyl (C=O) groups is 3. The van der Waals surface area contributed by atoms with E-state index in [2.05, 4.69) is 6.58 Å². The molecule has 0 saturated carbocycles. The quantitative estimate of drug-likeness (QED) is 0.121. The molecule has 0 aromatic heterocycles. The molecule has 8 atom stereocenters. The molecule has 3 aliphatic rings. The number of hydrogen-bond acceptors (Lipinski definition) is 12. The lowest BCUT2D eigenvalue weighted by Crippen LogP contribution is -2.59. The first-order valence-corrected chi connectivity index (χ1v) is 13.2. The van der Waals surface area contributed by atoms with Gasteiger partial charge in [-0.3, -0.25) is 9.59 Å². The van der Waals surface area contributed by atoms with Gasteiger partial charge in [0.2, 0.25) is 0 Å². The number of aliphatic hydroxyl groups is 4. The second-order valence-electron chi connectivity index (χ2n) is 10.3. The minimum Gasteiger partial charge on any atom is -0.508 e. The van der Waals surface area contributed by atoms with Gasteiger partial charge in [0.25, 0.3) is 0 Å². The van der Waals surface area contributed by atoms with Gasteiger partial charge in [0.05, 0.1) is 25.0 Å². The van der Waals surface area contributed by atoms with Gasteiger partial charge >= 0.3 is 11.9 Å². The van der Waals surface area contributed by atoms with Crippen molar-refractivity contribution in [3.63, 3.8) is 0 Å². The van der Waals surface area contributed by atoms with Crippen LogP contribution in [0.4, 0.5) is 0 Å². The van der Waals surface area contributed by atoms with Crippen LogP contribution in [0.2, 0.25) is 0 Å². The van der Waals surface area contributed by atoms with Crippen LogP contribution >= 0.6 is 0 Å². The van der Waals surface area contributed by atoms with Crippen LogP contribution in [0.15, 0.2) is 59.7 Å². The average molecular weight is 575 g/mol. The lowest BCUT2D eigenvalue weighted by Gasteiger charge is -2.40. The number of benzene rings is 1. The second kappa shape index (κ2) is 13.5. The Morgan fingerprint density at radius 2 is 1.83 bits per heavy atom. The first-order valence-electron chi connectivity index (χ1n) is 13.2. The fourth-order valence-electron chi connectivity index (χ4n) is 5.01. The number of fused-ring (bicyclic) bond motifs is 1. The Morgan fingerprint density at radius 3 is 2.54 bits per heavy atom. The van der Waals surface area contributed by atoms with Crippen molar-refractivity contribution < 1.29 is 58.9 Å². The molecule has 0 spiro atoms. The van der Waals surface area contributed by atoms with Crippen molar-refractivity contribution in [2.75, 3.05) is 13.2 Å². The topological polar surface area (TPSA) is 189 Å². The summed E-state index contributed by atoms with van der Waals surface area (Å²) in [5, 5.41) is 51.3. The van der Waals surface area contributed by atoms with Crippen molar-refractivity contribution in [3.8, 4) is 5.75 Å². The zero-order valence-electron chi connectivity index (χ0n) is 22.2. The first-order chi connectivity index (χ1) is 19.6. The van der Waals surface area contributed by atoms with Crippen LogP contribution in [-0.4, -0.2) is 99.9 Å². The molecule has 0 radical (unpaired) electrons. The molecule has 0 bridgehead atoms. The largest absolute Gasteiger partial charge is 0.508 e. The second-order valence-corrected chi connectivity index (χ2v) is 10.3. The third-order valence-electron chi connectivity index (χ3n) is 7.34. The number of esters is 2. The van der Waals surface area contributed by atoms with Gasteiger partial charge in [0.1, 0.15) is 49.2 Å². The molecule has 1 aromatic rings. The predicted molar refractivity (Wildman–Crippen MR) is 140 cm³/mol. The summed E-state index contributed by atoms with van der Waals surface area (Å²) in [4.78, 5) is 35.9. The Morgan fingerprint density at radius 1 is 1.10 bits per heavy atom. The third kappa shape index (κ3) is 7.47. The van der Waals surface area contributed by atoms with Crippen LogP contribution < -0.4 is 0 Å². The molecule has 2 aliphatic heterocycles. The molecule has 2 heterocycles. The monoisotopic (exact) mass is 574 g/mol. The predicted octanol–water partition coefficient (Wildman–Crippen LogP) is -0.00360. The highest BCUT2D eigenvalue weighted by molar-refractivity contribution is 5.91. The van der Waals surface area contributed by atoms with Crippen LogP contribution in [0.25, 0.3) is 0 Å². The number of rotatable bonds is 8. The summed E-state index contributed by atoms with van der Waals surface area (Å²) in [5.41, 5.74) is 1.66. The molecule has 1 aliphatic carbocycles. The Bertz CT molecular complexity index is 1190. The van der Waals surface area contributed by atoms with Gasteiger partial charge in [-0.1, -0.05) is 24.8 Å². The fourth-order valence-corrected chi connectivity index (χ4v) is 5.01. The van der Waals surface area contributed by atoms with Gasteiger partial charge in [0.15, 0.2) is 6.29 Å². The number of phenolic OH excluding ortho intramolecular Hbond substituents is 1. The Balaban J connectivity index is 1.40. The Labute approximate surface area is 236 Å². The van der Waals surface area contributed by atoms with E-state index in [4.69, 9.17) is 18.9 Å². The van der Waals surface area contributed by atoms with E-state index in [1.165, 1.54) is 12.1 Å². The van der Waals surface area contributed by atoms with E-state index in [0.717, 1.165) is 0 Å². The van der Waals surface area contributed by atoms with Gasteiger partial charge in [-0.05, 0) is 47.8 Å². The van der Waals surface area contributed by atoms with E-state index >= 15 is 0 Å². The molecule has 12 nitrogen and oxygen atoms in total. The van der Waals surface area contributed by atoms with Gasteiger partial charge in [-0.15, -0.1) is 0 Å². The molecular weight excluding hydrogens is 540 g/mol. The molecular formula is C29H34O12. The number of carbonyl (C=O) groups excluding carboxylic acids is 3. The van der Waals surface area contributed by atoms with Crippen molar-refractivity contribution in [3.05, 3.63) is 65.3 Å². The van der Waals surface area contributed by atoms with Crippen molar-refractivity contribution in [2.24, 2.45) is 5.92 Å². The van der Waals surface area contributed by atoms with E-state index in [-0.39, 0.29) is 30.8 Å². The smallest absolute Gasteiger partial charge is 0.334 e. The van der Waals surface area contributed by atoms with Crippen LogP contribution in [0.3, 0.4) is 0 Å². The Hall–Kier alpha value is -3.39. The molecule has 0 amide bonds. The number of ether oxygens (including phenoxy) is 4. The summed E-state index contributed by atoms with van der Waals surface area (Å²) in [6.07, 6.45) is -4.71. The molecule has 5 N–H and O–H groups in total. The molecule has 2 fully saturated rings. The number of phenols is 1. The number of aliphatic hydroxyl groups excluding tert-OH is 4. The Kier molecular flexibility index (Phi) is 10.1. The van der Waals surface area contributed by atoms with E-state index < -0.39 is 67.4 Å². The summed E-state index contributed by atoms with van der Waals surface area (Å²) in [7, 11) is 0. The van der Waals surface area contributed by atoms with Crippen LogP contribution in [0.5, 0.6) is 5.75 Å². The molecule has 222 valence electrons. The number of allylic oxidation sites excluding steroid dienone is 1. The van der Waals surface area contributed by atoms with Crippen molar-refractivity contribution in [2.45, 2.75) is 68.6 Å². The SMILES string of the molecule is C=C1C(=O)OC2C=C(COC3OC(COC(=O)Cc4ccc(O)cc4)C(O)C(O)C3O)CCC=C(C=O)CC(O)C12. The minimum absolute atomic E-state index is 0.0449. The lowest BCUT2D eigenvalue weighted by atomic mass is 9.85. The molecule has 41 heavy (non-hydrogen) atoms. The van der Waals surface area contributed by atoms with E-state index in [0.29, 0.717) is 35.8 Å². The van der Waals surface area contributed by atoms with Crippen LogP contribution in [0, 0.1) is 5.92 Å². The van der Waals surface area contributed by atoms with E-state index in [1.807, 2.05) is 0 Å². The normalized spacial score (nSPS) is 32.3. The van der Waals surface area contributed by atoms with Crippen LogP contribution in [-0.2, 0) is 39.8 Å². The van der Waals surface area contributed by atoms with Crippen molar-refractivity contribution >= 4 is 18.2 Å². The summed E-state index contributed by atoms with van der Waals surface area (Å²) in [5.74, 6) is -2.01. The fraction of sp³-hybridized carbons (Fsp3) is 0.483. The summed E-state index contributed by atoms with van der Waals surface area (Å²) in [6.45, 7) is 3.15. The highest BCUT2D eigenvalue weighted by Gasteiger charge is 2.45. The summed E-state index contributed by atoms with van der Waals surface area (Å²) < 4.78 is 22.0. The molecule has 12 heteroatoms. The van der Waals surface area contributed by atoms with Gasteiger partial charge in [-0.2, -0.15) is 0 Å². The highest BCUT2D eigenvalue weighted by Crippen LogP contribution is 2.35. The zero-order chi connectivity index (χ0) is 29.7. The molecule has 1 aromatic carbocycles. The number of hydrogen-bond donors (Lipinski definition) is 5. The first kappa shape index (κ1) is 30.6. The zero-order valence-corrected chi connectivity index (χ0v) is 22.2. The maximum Gasteiger partial charge on any atom is 0.334 e. The number of aromatic hydroxyl groups is 1. The molecule has 8 unspecified atom stereocenters. The van der Waals surface area contributed by atoms with Gasteiger partial charge in [-0.25, -0.2) is 4.79 Å². The van der Waals surface area contributed by atoms with Crippen LogP contribution in [0.1, 0.15) is 24.8 Å². The van der Waals surface area contributed by atoms with Gasteiger partial charge < -0.3 is 44.5 Å². The molecule has 4 rings (SSSR count). The maximum absolute atomic E-state index is 12.3. The van der Waals surface area contributed by atoms with Crippen molar-refractivity contribution in [1.82, 2.24) is 0 Å². The van der Waals surface area contributed by atoms with E-state index in [9.17, 15) is 39.9 Å². The third-order valence-corrected chi connectivity index (χ3v) is 7.34.